The Bertz CT molecular complexity index is 1140. The molecule has 0 bridgehead atoms. The topological polar surface area (TPSA) is 162 Å². The molecule has 32 heavy (non-hydrogen) atoms. The van der Waals surface area contributed by atoms with Crippen molar-refractivity contribution in [3.05, 3.63) is 69.8 Å². The largest absolute Gasteiger partial charge is 0.452 e. The van der Waals surface area contributed by atoms with Crippen molar-refractivity contribution in [1.82, 2.24) is 14.8 Å². The number of nitrogens with one attached hydrogen (secondary N) is 2. The van der Waals surface area contributed by atoms with E-state index >= 15 is 0 Å². The first-order chi connectivity index (χ1) is 15.4. The molecule has 0 radical (unpaired) electrons. The first-order valence-corrected chi connectivity index (χ1v) is 9.51. The predicted molar refractivity (Wildman–Crippen MR) is 114 cm³/mol. The van der Waals surface area contributed by atoms with Crippen LogP contribution in [0.4, 0.5) is 17.1 Å². The van der Waals surface area contributed by atoms with E-state index in [2.05, 4.69) is 20.7 Å². The smallest absolute Gasteiger partial charge is 0.341 e. The molecule has 12 nitrogen and oxygen atoms in total. The van der Waals surface area contributed by atoms with E-state index < -0.39 is 23.4 Å². The lowest BCUT2D eigenvalue weighted by atomic mass is 10.1. The fraction of sp³-hybridized carbons (Fsp3) is 0.158. The summed E-state index contributed by atoms with van der Waals surface area (Å²) in [5.41, 5.74) is 0.544. The van der Waals surface area contributed by atoms with Gasteiger partial charge in [0.15, 0.2) is 6.61 Å². The monoisotopic (exact) mass is 460 g/mol. The number of aliphatic hydroxyl groups excluding tert-OH is 1. The highest BCUT2D eigenvalue weighted by atomic mass is 35.5. The Hall–Kier alpha value is -4.03. The average molecular weight is 461 g/mol. The van der Waals surface area contributed by atoms with Crippen LogP contribution in [-0.2, 0) is 9.53 Å². The Morgan fingerprint density at radius 1 is 1.22 bits per heavy atom. The lowest BCUT2D eigenvalue weighted by Crippen LogP contribution is -2.22. The van der Waals surface area contributed by atoms with Crippen molar-refractivity contribution < 1.29 is 24.4 Å². The van der Waals surface area contributed by atoms with Crippen LogP contribution >= 0.6 is 11.6 Å². The molecule has 1 heterocycles. The van der Waals surface area contributed by atoms with Gasteiger partial charge in [0.05, 0.1) is 28.5 Å². The second kappa shape index (κ2) is 10.3. The average Bonchev–Trinajstić information content (AvgIpc) is 3.30. The molecule has 0 aliphatic carbocycles. The van der Waals surface area contributed by atoms with Crippen molar-refractivity contribution in [2.24, 2.45) is 0 Å². The molecule has 3 N–H and O–H groups in total. The van der Waals surface area contributed by atoms with E-state index in [9.17, 15) is 19.7 Å². The van der Waals surface area contributed by atoms with E-state index in [1.165, 1.54) is 35.5 Å². The molecular formula is C19H17ClN6O6. The lowest BCUT2D eigenvalue weighted by Gasteiger charge is -2.13. The zero-order valence-corrected chi connectivity index (χ0v) is 17.2. The summed E-state index contributed by atoms with van der Waals surface area (Å²) in [5.74, 6) is -1.62. The summed E-state index contributed by atoms with van der Waals surface area (Å²) in [6, 6.07) is 8.28. The highest BCUT2D eigenvalue weighted by Gasteiger charge is 2.19. The van der Waals surface area contributed by atoms with Crippen molar-refractivity contribution >= 4 is 40.5 Å². The Morgan fingerprint density at radius 2 is 2.03 bits per heavy atom. The highest BCUT2D eigenvalue weighted by molar-refractivity contribution is 6.31. The molecule has 166 valence electrons. The number of carbonyl (C=O) groups is 2. The Morgan fingerprint density at radius 3 is 2.72 bits per heavy atom. The number of hydrogen-bond donors (Lipinski definition) is 3. The third-order valence-corrected chi connectivity index (χ3v) is 4.33. The number of halogens is 1. The molecule has 0 aliphatic rings. The van der Waals surface area contributed by atoms with Crippen molar-refractivity contribution in [1.29, 1.82) is 0 Å². The van der Waals surface area contributed by atoms with Crippen LogP contribution in [-0.4, -0.2) is 56.4 Å². The number of anilines is 2. The van der Waals surface area contributed by atoms with Gasteiger partial charge in [-0.25, -0.2) is 14.5 Å². The molecule has 0 saturated heterocycles. The molecule has 1 amide bonds. The number of nitrogens with zero attached hydrogens (tertiary/aromatic N) is 4. The standard InChI is InChI=1S/C19H17ClN6O6/c20-12-1-4-17(25-11-21-10-23-25)16(7-12)24-18(28)9-32-19(29)14-8-13(26(30)31)2-3-15(14)22-5-6-27/h1-4,7-8,10-11,22,27H,5-6,9H2,(H,24,28). The summed E-state index contributed by atoms with van der Waals surface area (Å²) in [6.07, 6.45) is 2.76. The minimum absolute atomic E-state index is 0.110. The van der Waals surface area contributed by atoms with Gasteiger partial charge in [-0.1, -0.05) is 11.6 Å². The van der Waals surface area contributed by atoms with E-state index in [1.807, 2.05) is 0 Å². The number of aliphatic hydroxyl groups is 1. The number of esters is 1. The molecule has 0 spiro atoms. The van der Waals surface area contributed by atoms with Gasteiger partial charge in [0.1, 0.15) is 12.7 Å². The van der Waals surface area contributed by atoms with E-state index in [0.29, 0.717) is 16.4 Å². The van der Waals surface area contributed by atoms with E-state index in [1.54, 1.807) is 12.1 Å². The lowest BCUT2D eigenvalue weighted by molar-refractivity contribution is -0.384. The van der Waals surface area contributed by atoms with Crippen LogP contribution in [0.2, 0.25) is 5.02 Å². The van der Waals surface area contributed by atoms with Crippen molar-refractivity contribution in [3.63, 3.8) is 0 Å². The molecule has 1 aromatic heterocycles. The Labute approximate surface area is 185 Å². The molecule has 13 heteroatoms. The molecule has 3 rings (SSSR count). The number of nitro benzene ring substituents is 1. The van der Waals surface area contributed by atoms with Gasteiger partial charge in [-0.15, -0.1) is 0 Å². The fourth-order valence-electron chi connectivity index (χ4n) is 2.70. The minimum atomic E-state index is -0.952. The summed E-state index contributed by atoms with van der Waals surface area (Å²) < 4.78 is 6.45. The predicted octanol–water partition coefficient (Wildman–Crippen LogP) is 2.03. The molecule has 0 fully saturated rings. The van der Waals surface area contributed by atoms with Crippen molar-refractivity contribution in [2.75, 3.05) is 30.4 Å². The van der Waals surface area contributed by atoms with Crippen LogP contribution in [0, 0.1) is 10.1 Å². The summed E-state index contributed by atoms with van der Waals surface area (Å²) in [6.45, 7) is -0.774. The number of carbonyl (C=O) groups excluding carboxylic acids is 2. The number of rotatable bonds is 9. The van der Waals surface area contributed by atoms with Gasteiger partial charge in [-0.05, 0) is 24.3 Å². The zero-order chi connectivity index (χ0) is 23.1. The molecule has 0 saturated carbocycles. The SMILES string of the molecule is O=C(COC(=O)c1cc([N+](=O)[O-])ccc1NCCO)Nc1cc(Cl)ccc1-n1cncn1. The van der Waals surface area contributed by atoms with Crippen LogP contribution in [0.25, 0.3) is 5.69 Å². The summed E-state index contributed by atoms with van der Waals surface area (Å²) >= 11 is 6.01. The molecule has 3 aromatic rings. The second-order valence-corrected chi connectivity index (χ2v) is 6.70. The molecule has 0 aliphatic heterocycles. The summed E-state index contributed by atoms with van der Waals surface area (Å²) in [5, 5.41) is 29.7. The van der Waals surface area contributed by atoms with Gasteiger partial charge in [0, 0.05) is 29.4 Å². The molecule has 0 unspecified atom stereocenters. The molecule has 2 aromatic carbocycles. The van der Waals surface area contributed by atoms with E-state index in [0.717, 1.165) is 6.07 Å². The number of amides is 1. The summed E-state index contributed by atoms with van der Waals surface area (Å²) in [4.78, 5) is 39.1. The van der Waals surface area contributed by atoms with Gasteiger partial charge in [-0.3, -0.25) is 14.9 Å². The maximum absolute atomic E-state index is 12.5. The van der Waals surface area contributed by atoms with Gasteiger partial charge in [0.2, 0.25) is 0 Å². The van der Waals surface area contributed by atoms with Gasteiger partial charge in [-0.2, -0.15) is 5.10 Å². The normalized spacial score (nSPS) is 10.4. The number of hydrogen-bond acceptors (Lipinski definition) is 9. The number of aromatic nitrogens is 3. The number of non-ortho nitro benzene ring substituents is 1. The number of nitro groups is 1. The Balaban J connectivity index is 1.72. The number of benzene rings is 2. The number of ether oxygens (including phenoxy) is 1. The van der Waals surface area contributed by atoms with Gasteiger partial charge < -0.3 is 20.5 Å². The van der Waals surface area contributed by atoms with Crippen LogP contribution in [0.3, 0.4) is 0 Å². The maximum atomic E-state index is 12.5. The van der Waals surface area contributed by atoms with Crippen LogP contribution in [0.15, 0.2) is 49.1 Å². The first-order valence-electron chi connectivity index (χ1n) is 9.13. The Kier molecular flexibility index (Phi) is 7.31. The van der Waals surface area contributed by atoms with Crippen LogP contribution in [0.5, 0.6) is 0 Å². The third kappa shape index (κ3) is 5.56. The van der Waals surface area contributed by atoms with Gasteiger partial charge in [0.25, 0.3) is 11.6 Å². The minimum Gasteiger partial charge on any atom is -0.452 e. The maximum Gasteiger partial charge on any atom is 0.341 e. The quantitative estimate of drug-likeness (QED) is 0.246. The summed E-state index contributed by atoms with van der Waals surface area (Å²) in [7, 11) is 0. The van der Waals surface area contributed by atoms with Crippen LogP contribution in [0.1, 0.15) is 10.4 Å². The third-order valence-electron chi connectivity index (χ3n) is 4.09. The highest BCUT2D eigenvalue weighted by Crippen LogP contribution is 2.25. The molecule has 0 atom stereocenters. The first kappa shape index (κ1) is 22.7. The van der Waals surface area contributed by atoms with Crippen molar-refractivity contribution in [3.8, 4) is 5.69 Å². The van der Waals surface area contributed by atoms with Crippen LogP contribution < -0.4 is 10.6 Å². The van der Waals surface area contributed by atoms with Gasteiger partial charge >= 0.3 is 5.97 Å². The zero-order valence-electron chi connectivity index (χ0n) is 16.4. The fourth-order valence-corrected chi connectivity index (χ4v) is 2.87. The second-order valence-electron chi connectivity index (χ2n) is 6.26. The van der Waals surface area contributed by atoms with E-state index in [4.69, 9.17) is 21.4 Å². The van der Waals surface area contributed by atoms with Crippen molar-refractivity contribution in [2.45, 2.75) is 0 Å². The van der Waals surface area contributed by atoms with E-state index in [-0.39, 0.29) is 30.1 Å². The molecular weight excluding hydrogens is 444 g/mol.